The molecule has 0 saturated heterocycles. The van der Waals surface area contributed by atoms with Crippen LogP contribution in [0, 0.1) is 5.92 Å². The average molecular weight is 358 g/mol. The molecule has 25 heavy (non-hydrogen) atoms. The first-order chi connectivity index (χ1) is 11.9. The van der Waals surface area contributed by atoms with Gasteiger partial charge < -0.3 is 5.32 Å². The van der Waals surface area contributed by atoms with Gasteiger partial charge >= 0.3 is 0 Å². The quantitative estimate of drug-likeness (QED) is 0.863. The number of hydrogen-bond donors (Lipinski definition) is 1. The SMILES string of the molecule is CN(C)S(=O)(=O)c1ccc(C(=O)N[C@@H](c2ccccc2)C2CC2)cc1. The molecule has 0 aliphatic heterocycles. The van der Waals surface area contributed by atoms with Crippen LogP contribution in [0.3, 0.4) is 0 Å². The molecular formula is C19H22N2O3S. The molecule has 1 aliphatic rings. The van der Waals surface area contributed by atoms with Crippen molar-refractivity contribution in [1.82, 2.24) is 9.62 Å². The Hall–Kier alpha value is -2.18. The topological polar surface area (TPSA) is 66.5 Å². The van der Waals surface area contributed by atoms with E-state index in [2.05, 4.69) is 5.32 Å². The van der Waals surface area contributed by atoms with Crippen molar-refractivity contribution in [1.29, 1.82) is 0 Å². The molecule has 0 unspecified atom stereocenters. The number of rotatable bonds is 6. The largest absolute Gasteiger partial charge is 0.345 e. The number of benzene rings is 2. The summed E-state index contributed by atoms with van der Waals surface area (Å²) in [6, 6.07) is 16.0. The molecule has 3 rings (SSSR count). The summed E-state index contributed by atoms with van der Waals surface area (Å²) in [5.41, 5.74) is 1.56. The standard InChI is InChI=1S/C19H22N2O3S/c1-21(2)25(23,24)17-12-10-16(11-13-17)19(22)20-18(15-8-9-15)14-6-4-3-5-7-14/h3-7,10-13,15,18H,8-9H2,1-2H3,(H,20,22)/t18-/m0/s1. The van der Waals surface area contributed by atoms with E-state index in [1.165, 1.54) is 26.2 Å². The number of hydrogen-bond acceptors (Lipinski definition) is 3. The van der Waals surface area contributed by atoms with Gasteiger partial charge in [0.2, 0.25) is 10.0 Å². The Morgan fingerprint density at radius 3 is 2.16 bits per heavy atom. The summed E-state index contributed by atoms with van der Waals surface area (Å²) >= 11 is 0. The van der Waals surface area contributed by atoms with E-state index in [-0.39, 0.29) is 16.8 Å². The van der Waals surface area contributed by atoms with Gasteiger partial charge in [-0.1, -0.05) is 30.3 Å². The van der Waals surface area contributed by atoms with Crippen molar-refractivity contribution in [3.63, 3.8) is 0 Å². The monoisotopic (exact) mass is 358 g/mol. The number of carbonyl (C=O) groups is 1. The minimum atomic E-state index is -3.49. The van der Waals surface area contributed by atoms with Crippen LogP contribution in [0.25, 0.3) is 0 Å². The van der Waals surface area contributed by atoms with E-state index in [1.54, 1.807) is 12.1 Å². The van der Waals surface area contributed by atoms with Gasteiger partial charge in [-0.25, -0.2) is 12.7 Å². The summed E-state index contributed by atoms with van der Waals surface area (Å²) in [7, 11) is -0.523. The van der Waals surface area contributed by atoms with Crippen LogP contribution in [0.1, 0.15) is 34.8 Å². The Labute approximate surface area is 148 Å². The number of carbonyl (C=O) groups excluding carboxylic acids is 1. The Morgan fingerprint density at radius 2 is 1.64 bits per heavy atom. The third kappa shape index (κ3) is 3.91. The molecule has 5 nitrogen and oxygen atoms in total. The van der Waals surface area contributed by atoms with Crippen molar-refractivity contribution < 1.29 is 13.2 Å². The average Bonchev–Trinajstić information content (AvgIpc) is 3.45. The predicted molar refractivity (Wildman–Crippen MR) is 96.7 cm³/mol. The second-order valence-electron chi connectivity index (χ2n) is 6.51. The van der Waals surface area contributed by atoms with Gasteiger partial charge in [-0.05, 0) is 48.6 Å². The molecule has 0 bridgehead atoms. The summed E-state index contributed by atoms with van der Waals surface area (Å²) in [6.07, 6.45) is 2.22. The molecule has 1 aliphatic carbocycles. The molecule has 6 heteroatoms. The van der Waals surface area contributed by atoms with Gasteiger partial charge in [0.05, 0.1) is 10.9 Å². The molecule has 132 valence electrons. The van der Waals surface area contributed by atoms with E-state index < -0.39 is 10.0 Å². The predicted octanol–water partition coefficient (Wildman–Crippen LogP) is 2.82. The van der Waals surface area contributed by atoms with Crippen LogP contribution in [0.2, 0.25) is 0 Å². The van der Waals surface area contributed by atoms with Crippen LogP contribution in [-0.4, -0.2) is 32.7 Å². The minimum absolute atomic E-state index is 0.00103. The van der Waals surface area contributed by atoms with E-state index >= 15 is 0 Å². The number of nitrogens with one attached hydrogen (secondary N) is 1. The maximum Gasteiger partial charge on any atom is 0.251 e. The lowest BCUT2D eigenvalue weighted by atomic mass is 10.0. The molecular weight excluding hydrogens is 336 g/mol. The highest BCUT2D eigenvalue weighted by Gasteiger charge is 2.33. The fraction of sp³-hybridized carbons (Fsp3) is 0.316. The summed E-state index contributed by atoms with van der Waals surface area (Å²) in [5, 5.41) is 3.09. The molecule has 1 N–H and O–H groups in total. The summed E-state index contributed by atoms with van der Waals surface area (Å²) in [5.74, 6) is 0.286. The molecule has 1 amide bonds. The molecule has 2 aromatic rings. The van der Waals surface area contributed by atoms with E-state index in [1.807, 2.05) is 30.3 Å². The van der Waals surface area contributed by atoms with E-state index in [0.29, 0.717) is 11.5 Å². The van der Waals surface area contributed by atoms with E-state index in [4.69, 9.17) is 0 Å². The Balaban J connectivity index is 1.77. The fourth-order valence-corrected chi connectivity index (χ4v) is 3.68. The van der Waals surface area contributed by atoms with Gasteiger partial charge in [0.15, 0.2) is 0 Å². The highest BCUT2D eigenvalue weighted by atomic mass is 32.2. The number of sulfonamides is 1. The first-order valence-electron chi connectivity index (χ1n) is 8.28. The van der Waals surface area contributed by atoms with Gasteiger partial charge in [0.25, 0.3) is 5.91 Å². The van der Waals surface area contributed by atoms with E-state index in [0.717, 1.165) is 22.7 Å². The van der Waals surface area contributed by atoms with Crippen molar-refractivity contribution in [3.05, 3.63) is 65.7 Å². The Morgan fingerprint density at radius 1 is 1.04 bits per heavy atom. The van der Waals surface area contributed by atoms with Gasteiger partial charge in [0, 0.05) is 19.7 Å². The Kier molecular flexibility index (Phi) is 4.92. The van der Waals surface area contributed by atoms with Crippen molar-refractivity contribution in [3.8, 4) is 0 Å². The maximum absolute atomic E-state index is 12.6. The zero-order valence-corrected chi connectivity index (χ0v) is 15.2. The molecule has 0 heterocycles. The summed E-state index contributed by atoms with van der Waals surface area (Å²) in [6.45, 7) is 0. The minimum Gasteiger partial charge on any atom is -0.345 e. The second kappa shape index (κ2) is 6.98. The lowest BCUT2D eigenvalue weighted by Gasteiger charge is -2.19. The van der Waals surface area contributed by atoms with Crippen LogP contribution >= 0.6 is 0 Å². The second-order valence-corrected chi connectivity index (χ2v) is 8.66. The lowest BCUT2D eigenvalue weighted by molar-refractivity contribution is 0.0931. The highest BCUT2D eigenvalue weighted by Crippen LogP contribution is 2.41. The van der Waals surface area contributed by atoms with Crippen LogP contribution in [0.4, 0.5) is 0 Å². The number of nitrogens with zero attached hydrogens (tertiary/aromatic N) is 1. The molecule has 0 aromatic heterocycles. The number of amides is 1. The van der Waals surface area contributed by atoms with E-state index in [9.17, 15) is 13.2 Å². The van der Waals surface area contributed by atoms with Crippen LogP contribution in [-0.2, 0) is 10.0 Å². The van der Waals surface area contributed by atoms with Crippen LogP contribution in [0.15, 0.2) is 59.5 Å². The van der Waals surface area contributed by atoms with Crippen LogP contribution in [0.5, 0.6) is 0 Å². The van der Waals surface area contributed by atoms with Crippen molar-refractivity contribution >= 4 is 15.9 Å². The van der Waals surface area contributed by atoms with Crippen molar-refractivity contribution in [2.45, 2.75) is 23.8 Å². The molecule has 1 atom stereocenters. The summed E-state index contributed by atoms with van der Waals surface area (Å²) < 4.78 is 25.4. The highest BCUT2D eigenvalue weighted by molar-refractivity contribution is 7.89. The van der Waals surface area contributed by atoms with Crippen molar-refractivity contribution in [2.24, 2.45) is 5.92 Å². The molecule has 0 radical (unpaired) electrons. The third-order valence-corrected chi connectivity index (χ3v) is 6.26. The normalized spacial score (nSPS) is 15.8. The zero-order valence-electron chi connectivity index (χ0n) is 14.3. The first-order valence-corrected chi connectivity index (χ1v) is 9.72. The van der Waals surface area contributed by atoms with Gasteiger partial charge in [-0.3, -0.25) is 4.79 Å². The van der Waals surface area contributed by atoms with Gasteiger partial charge in [0.1, 0.15) is 0 Å². The molecule has 0 spiro atoms. The van der Waals surface area contributed by atoms with Gasteiger partial charge in [-0.15, -0.1) is 0 Å². The third-order valence-electron chi connectivity index (χ3n) is 4.43. The summed E-state index contributed by atoms with van der Waals surface area (Å²) in [4.78, 5) is 12.8. The molecule has 2 aromatic carbocycles. The zero-order chi connectivity index (χ0) is 18.0. The van der Waals surface area contributed by atoms with Crippen LogP contribution < -0.4 is 5.32 Å². The smallest absolute Gasteiger partial charge is 0.251 e. The molecule has 1 fully saturated rings. The maximum atomic E-state index is 12.6. The lowest BCUT2D eigenvalue weighted by Crippen LogP contribution is -2.30. The molecule has 1 saturated carbocycles. The fourth-order valence-electron chi connectivity index (χ4n) is 2.78. The van der Waals surface area contributed by atoms with Gasteiger partial charge in [-0.2, -0.15) is 0 Å². The van der Waals surface area contributed by atoms with Crippen molar-refractivity contribution in [2.75, 3.05) is 14.1 Å². The Bertz CT molecular complexity index is 842. The first kappa shape index (κ1) is 17.6.